The molecule has 0 fully saturated rings. The molecule has 5 heteroatoms. The smallest absolute Gasteiger partial charge is 1.00 e. The molecular weight excluding hydrogens is 262 g/mol. The summed E-state index contributed by atoms with van der Waals surface area (Å²) in [5, 5.41) is 0.369. The molecule has 0 aliphatic carbocycles. The molecule has 3 nitrogen and oxygen atoms in total. The number of hydrogen-bond donors (Lipinski definition) is 1. The van der Waals surface area contributed by atoms with Gasteiger partial charge in [-0.1, -0.05) is 36.4 Å². The Bertz CT molecular complexity index is 618. The second kappa shape index (κ2) is 4.98. The zero-order valence-electron chi connectivity index (χ0n) is 10.3. The van der Waals surface area contributed by atoms with E-state index in [1.807, 2.05) is 24.3 Å². The average molecular weight is 272 g/mol. The van der Waals surface area contributed by atoms with Crippen molar-refractivity contribution in [2.24, 2.45) is 0 Å². The van der Waals surface area contributed by atoms with Crippen molar-refractivity contribution in [3.63, 3.8) is 0 Å². The molecule has 1 aliphatic rings. The molecular formula is C12H10KO3P. The van der Waals surface area contributed by atoms with Crippen molar-refractivity contribution in [2.45, 2.75) is 0 Å². The summed E-state index contributed by atoms with van der Waals surface area (Å²) in [5.41, 5.74) is 1.63. The quantitative estimate of drug-likeness (QED) is 0.528. The summed E-state index contributed by atoms with van der Waals surface area (Å²) in [7, 11) is -3.71. The first kappa shape index (κ1) is 13.5. The van der Waals surface area contributed by atoms with Crippen LogP contribution in [0.15, 0.2) is 48.5 Å². The van der Waals surface area contributed by atoms with Gasteiger partial charge in [-0.05, 0) is 12.1 Å². The van der Waals surface area contributed by atoms with Crippen molar-refractivity contribution in [2.75, 3.05) is 0 Å². The van der Waals surface area contributed by atoms with Crippen LogP contribution in [0.25, 0.3) is 11.1 Å². The molecule has 3 rings (SSSR count). The molecule has 0 saturated heterocycles. The Balaban J connectivity index is 0.000000810. The van der Waals surface area contributed by atoms with E-state index >= 15 is 0 Å². The molecule has 0 radical (unpaired) electrons. The van der Waals surface area contributed by atoms with Gasteiger partial charge in [0.1, 0.15) is 5.75 Å². The van der Waals surface area contributed by atoms with Crippen molar-refractivity contribution in [1.29, 1.82) is 0 Å². The Morgan fingerprint density at radius 1 is 1.00 bits per heavy atom. The van der Waals surface area contributed by atoms with E-state index in [1.54, 1.807) is 24.3 Å². The van der Waals surface area contributed by atoms with Gasteiger partial charge in [0, 0.05) is 11.1 Å². The Morgan fingerprint density at radius 3 is 2.35 bits per heavy atom. The molecule has 2 aromatic rings. The fourth-order valence-corrected chi connectivity index (χ4v) is 3.20. The maximum absolute atomic E-state index is 12.0. The number of para-hydroxylation sites is 1. The second-order valence-corrected chi connectivity index (χ2v) is 5.33. The van der Waals surface area contributed by atoms with Gasteiger partial charge in [0.25, 0.3) is 0 Å². The normalized spacial score (nSPS) is 20.5. The molecule has 0 saturated carbocycles. The van der Waals surface area contributed by atoms with Gasteiger partial charge in [-0.15, -0.1) is 0 Å². The first-order chi connectivity index (χ1) is 7.68. The summed E-state index contributed by atoms with van der Waals surface area (Å²) in [6.45, 7) is 0. The third-order valence-corrected chi connectivity index (χ3v) is 4.05. The van der Waals surface area contributed by atoms with Gasteiger partial charge in [-0.3, -0.25) is 0 Å². The monoisotopic (exact) mass is 272 g/mol. The SMILES string of the molecule is O=P1(O)Oc2ccccc2-c2ccccc21.[H-].[K+]. The van der Waals surface area contributed by atoms with Crippen LogP contribution in [0.4, 0.5) is 0 Å². The summed E-state index contributed by atoms with van der Waals surface area (Å²) in [5.74, 6) is 0.465. The van der Waals surface area contributed by atoms with Crippen LogP contribution in [0.5, 0.6) is 5.75 Å². The van der Waals surface area contributed by atoms with E-state index in [9.17, 15) is 9.46 Å². The third kappa shape index (κ3) is 2.31. The van der Waals surface area contributed by atoms with Crippen molar-refractivity contribution >= 4 is 12.9 Å². The molecule has 0 amide bonds. The second-order valence-electron chi connectivity index (χ2n) is 3.63. The van der Waals surface area contributed by atoms with E-state index in [2.05, 4.69) is 0 Å². The van der Waals surface area contributed by atoms with Crippen LogP contribution in [0.2, 0.25) is 0 Å². The molecule has 1 atom stereocenters. The molecule has 2 aromatic carbocycles. The maximum atomic E-state index is 12.0. The largest absolute Gasteiger partial charge is 1.00 e. The molecule has 0 spiro atoms. The summed E-state index contributed by atoms with van der Waals surface area (Å²) in [6.07, 6.45) is 0. The molecule has 0 bridgehead atoms. The first-order valence-electron chi connectivity index (χ1n) is 4.90. The van der Waals surface area contributed by atoms with Gasteiger partial charge in [0.2, 0.25) is 0 Å². The number of fused-ring (bicyclic) bond motifs is 3. The van der Waals surface area contributed by atoms with Gasteiger partial charge in [0.15, 0.2) is 0 Å². The Morgan fingerprint density at radius 2 is 1.59 bits per heavy atom. The van der Waals surface area contributed by atoms with Crippen LogP contribution in [0, 0.1) is 0 Å². The fourth-order valence-electron chi connectivity index (χ4n) is 1.90. The summed E-state index contributed by atoms with van der Waals surface area (Å²) in [6, 6.07) is 14.3. The maximum Gasteiger partial charge on any atom is 1.00 e. The standard InChI is InChI=1S/C12H9O3P.K.H/c13-16(14)12-8-4-2-6-10(12)9-5-1-3-7-11(9)15-16;;/h1-8H,(H,13,14);;/q;+1;-1. The van der Waals surface area contributed by atoms with E-state index in [1.165, 1.54) is 0 Å². The van der Waals surface area contributed by atoms with Crippen LogP contribution in [-0.2, 0) is 4.57 Å². The minimum atomic E-state index is -3.71. The van der Waals surface area contributed by atoms with Crippen LogP contribution in [0.1, 0.15) is 1.43 Å². The van der Waals surface area contributed by atoms with E-state index in [0.29, 0.717) is 11.1 Å². The molecule has 82 valence electrons. The van der Waals surface area contributed by atoms with Gasteiger partial charge >= 0.3 is 59.0 Å². The van der Waals surface area contributed by atoms with Gasteiger partial charge in [-0.25, -0.2) is 4.57 Å². The van der Waals surface area contributed by atoms with Crippen molar-refractivity contribution in [1.82, 2.24) is 0 Å². The van der Waals surface area contributed by atoms with Crippen LogP contribution in [-0.4, -0.2) is 4.89 Å². The van der Waals surface area contributed by atoms with E-state index in [0.717, 1.165) is 11.1 Å². The molecule has 0 aromatic heterocycles. The predicted molar refractivity (Wildman–Crippen MR) is 63.1 cm³/mol. The number of benzene rings is 2. The zero-order valence-corrected chi connectivity index (χ0v) is 13.3. The fraction of sp³-hybridized carbons (Fsp3) is 0. The zero-order chi connectivity index (χ0) is 11.2. The minimum Gasteiger partial charge on any atom is -1.00 e. The van der Waals surface area contributed by atoms with Gasteiger partial charge in [0.05, 0.1) is 5.30 Å². The summed E-state index contributed by atoms with van der Waals surface area (Å²) < 4.78 is 17.1. The summed E-state index contributed by atoms with van der Waals surface area (Å²) >= 11 is 0. The minimum absolute atomic E-state index is 0. The Kier molecular flexibility index (Phi) is 3.95. The Labute approximate surface area is 143 Å². The predicted octanol–water partition coefficient (Wildman–Crippen LogP) is -0.327. The molecule has 1 heterocycles. The first-order valence-corrected chi connectivity index (χ1v) is 6.48. The van der Waals surface area contributed by atoms with Crippen molar-refractivity contribution in [3.05, 3.63) is 48.5 Å². The van der Waals surface area contributed by atoms with E-state index < -0.39 is 7.60 Å². The van der Waals surface area contributed by atoms with Gasteiger partial charge in [-0.2, -0.15) is 0 Å². The molecule has 1 aliphatic heterocycles. The van der Waals surface area contributed by atoms with Crippen molar-refractivity contribution in [3.8, 4) is 16.9 Å². The summed E-state index contributed by atoms with van der Waals surface area (Å²) in [4.78, 5) is 9.81. The van der Waals surface area contributed by atoms with Crippen LogP contribution in [0.3, 0.4) is 0 Å². The van der Waals surface area contributed by atoms with E-state index in [-0.39, 0.29) is 52.8 Å². The number of rotatable bonds is 0. The van der Waals surface area contributed by atoms with E-state index in [4.69, 9.17) is 4.52 Å². The third-order valence-electron chi connectivity index (χ3n) is 2.61. The molecule has 1 N–H and O–H groups in total. The van der Waals surface area contributed by atoms with Crippen molar-refractivity contribution < 1.29 is 66.8 Å². The van der Waals surface area contributed by atoms with Gasteiger partial charge < -0.3 is 10.8 Å². The molecule has 17 heavy (non-hydrogen) atoms. The Hall–Kier alpha value is 0.0664. The van der Waals surface area contributed by atoms with Crippen LogP contribution < -0.4 is 61.2 Å². The van der Waals surface area contributed by atoms with Crippen LogP contribution >= 0.6 is 7.60 Å². The topological polar surface area (TPSA) is 46.5 Å². The number of hydrogen-bond acceptors (Lipinski definition) is 2. The average Bonchev–Trinajstić information content (AvgIpc) is 2.29. The molecule has 1 unspecified atom stereocenters.